The van der Waals surface area contributed by atoms with E-state index in [0.29, 0.717) is 29.7 Å². The SMILES string of the molecule is Cl.Cl.OCCNCCCNCc1cc(Br)ccc1OCc1ccc(Cl)cc1Cl. The van der Waals surface area contributed by atoms with Gasteiger partial charge in [0.15, 0.2) is 0 Å². The lowest BCUT2D eigenvalue weighted by Gasteiger charge is -2.14. The first-order valence-electron chi connectivity index (χ1n) is 8.47. The van der Waals surface area contributed by atoms with Gasteiger partial charge in [-0.05, 0) is 49.8 Å². The van der Waals surface area contributed by atoms with Crippen molar-refractivity contribution >= 4 is 63.9 Å². The first-order valence-corrected chi connectivity index (χ1v) is 10.0. The number of halogens is 5. The minimum atomic E-state index is 0. The predicted octanol–water partition coefficient (Wildman–Crippen LogP) is 5.24. The van der Waals surface area contributed by atoms with Gasteiger partial charge in [-0.3, -0.25) is 0 Å². The lowest BCUT2D eigenvalue weighted by molar-refractivity contribution is 0.292. The fourth-order valence-electron chi connectivity index (χ4n) is 2.39. The second-order valence-electron chi connectivity index (χ2n) is 5.78. The van der Waals surface area contributed by atoms with Gasteiger partial charge in [0.2, 0.25) is 0 Å². The van der Waals surface area contributed by atoms with E-state index in [1.165, 1.54) is 0 Å². The molecule has 3 N–H and O–H groups in total. The molecular formula is C19H25BrCl4N2O2. The summed E-state index contributed by atoms with van der Waals surface area (Å²) in [5.41, 5.74) is 1.97. The zero-order chi connectivity index (χ0) is 18.8. The fourth-order valence-corrected chi connectivity index (χ4v) is 3.26. The lowest BCUT2D eigenvalue weighted by Crippen LogP contribution is -2.24. The van der Waals surface area contributed by atoms with E-state index in [4.69, 9.17) is 33.0 Å². The Balaban J connectivity index is 0.00000364. The predicted molar refractivity (Wildman–Crippen MR) is 126 cm³/mol. The number of aliphatic hydroxyl groups is 1. The van der Waals surface area contributed by atoms with Gasteiger partial charge < -0.3 is 20.5 Å². The molecule has 0 atom stereocenters. The molecule has 0 amide bonds. The van der Waals surface area contributed by atoms with Crippen molar-refractivity contribution in [2.75, 3.05) is 26.2 Å². The number of hydrogen-bond donors (Lipinski definition) is 3. The highest BCUT2D eigenvalue weighted by Gasteiger charge is 2.07. The summed E-state index contributed by atoms with van der Waals surface area (Å²) in [5.74, 6) is 0.824. The Hall–Kier alpha value is -0.240. The minimum absolute atomic E-state index is 0. The smallest absolute Gasteiger partial charge is 0.124 e. The zero-order valence-corrected chi connectivity index (χ0v) is 20.0. The zero-order valence-electron chi connectivity index (χ0n) is 15.2. The molecule has 0 fully saturated rings. The summed E-state index contributed by atoms with van der Waals surface area (Å²) in [6.45, 7) is 3.66. The van der Waals surface area contributed by atoms with Crippen molar-refractivity contribution in [1.29, 1.82) is 0 Å². The Morgan fingerprint density at radius 1 is 0.929 bits per heavy atom. The number of benzene rings is 2. The van der Waals surface area contributed by atoms with Crippen LogP contribution in [0.2, 0.25) is 10.0 Å². The molecule has 0 aliphatic rings. The van der Waals surface area contributed by atoms with E-state index in [0.717, 1.165) is 40.9 Å². The highest BCUT2D eigenvalue weighted by Crippen LogP contribution is 2.26. The lowest BCUT2D eigenvalue weighted by atomic mass is 10.2. The summed E-state index contributed by atoms with van der Waals surface area (Å²) in [6.07, 6.45) is 0.991. The van der Waals surface area contributed by atoms with Crippen LogP contribution in [-0.2, 0) is 13.2 Å². The van der Waals surface area contributed by atoms with E-state index in [1.54, 1.807) is 12.1 Å². The third-order valence-corrected chi connectivity index (χ3v) is 4.81. The maximum Gasteiger partial charge on any atom is 0.124 e. The Morgan fingerprint density at radius 3 is 2.39 bits per heavy atom. The Morgan fingerprint density at radius 2 is 1.68 bits per heavy atom. The van der Waals surface area contributed by atoms with Crippen LogP contribution < -0.4 is 15.4 Å². The van der Waals surface area contributed by atoms with Gasteiger partial charge in [-0.25, -0.2) is 0 Å². The molecule has 28 heavy (non-hydrogen) atoms. The summed E-state index contributed by atoms with van der Waals surface area (Å²) in [4.78, 5) is 0. The van der Waals surface area contributed by atoms with Crippen LogP contribution in [0.15, 0.2) is 40.9 Å². The summed E-state index contributed by atoms with van der Waals surface area (Å²) in [5, 5.41) is 16.5. The molecule has 0 spiro atoms. The third kappa shape index (κ3) is 9.99. The van der Waals surface area contributed by atoms with Crippen LogP contribution in [0.25, 0.3) is 0 Å². The maximum atomic E-state index is 8.73. The molecule has 158 valence electrons. The standard InChI is InChI=1S/C19H23BrCl2N2O2.2ClH/c20-16-3-5-19(26-13-14-2-4-17(21)11-18(14)22)15(10-16)12-24-7-1-6-23-8-9-25;;/h2-5,10-11,23-25H,1,6-9,12-13H2;2*1H. The van der Waals surface area contributed by atoms with Gasteiger partial charge in [0.1, 0.15) is 12.4 Å². The van der Waals surface area contributed by atoms with Crippen molar-refractivity contribution in [3.05, 3.63) is 62.0 Å². The first-order chi connectivity index (χ1) is 12.6. The van der Waals surface area contributed by atoms with Crippen LogP contribution in [-0.4, -0.2) is 31.3 Å². The molecule has 0 saturated heterocycles. The molecule has 0 radical (unpaired) electrons. The molecule has 0 saturated carbocycles. The highest BCUT2D eigenvalue weighted by molar-refractivity contribution is 9.10. The number of hydrogen-bond acceptors (Lipinski definition) is 4. The molecule has 0 unspecified atom stereocenters. The van der Waals surface area contributed by atoms with E-state index in [1.807, 2.05) is 18.2 Å². The van der Waals surface area contributed by atoms with Crippen LogP contribution in [0.1, 0.15) is 17.5 Å². The number of nitrogens with one attached hydrogen (secondary N) is 2. The summed E-state index contributed by atoms with van der Waals surface area (Å²) >= 11 is 15.7. The summed E-state index contributed by atoms with van der Waals surface area (Å²) in [7, 11) is 0. The van der Waals surface area contributed by atoms with Crippen molar-refractivity contribution < 1.29 is 9.84 Å². The molecular weight excluding hydrogens is 510 g/mol. The molecule has 0 aromatic heterocycles. The number of ether oxygens (including phenoxy) is 1. The monoisotopic (exact) mass is 532 g/mol. The van der Waals surface area contributed by atoms with Gasteiger partial charge in [-0.15, -0.1) is 24.8 Å². The molecule has 4 nitrogen and oxygen atoms in total. The van der Waals surface area contributed by atoms with Crippen LogP contribution in [0.5, 0.6) is 5.75 Å². The fraction of sp³-hybridized carbons (Fsp3) is 0.368. The van der Waals surface area contributed by atoms with Crippen molar-refractivity contribution in [3.8, 4) is 5.75 Å². The minimum Gasteiger partial charge on any atom is -0.489 e. The normalized spacial score (nSPS) is 10.1. The summed E-state index contributed by atoms with van der Waals surface area (Å²) < 4.78 is 6.99. The van der Waals surface area contributed by atoms with Crippen LogP contribution in [0.4, 0.5) is 0 Å². The summed E-state index contributed by atoms with van der Waals surface area (Å²) in [6, 6.07) is 11.4. The van der Waals surface area contributed by atoms with E-state index in [9.17, 15) is 0 Å². The maximum absolute atomic E-state index is 8.73. The van der Waals surface area contributed by atoms with Gasteiger partial charge in [0, 0.05) is 38.7 Å². The van der Waals surface area contributed by atoms with Crippen molar-refractivity contribution in [3.63, 3.8) is 0 Å². The second kappa shape index (κ2) is 15.6. The van der Waals surface area contributed by atoms with E-state index < -0.39 is 0 Å². The first kappa shape index (κ1) is 27.8. The average molecular weight is 535 g/mol. The van der Waals surface area contributed by atoms with E-state index in [2.05, 4.69) is 32.6 Å². The van der Waals surface area contributed by atoms with Gasteiger partial charge >= 0.3 is 0 Å². The second-order valence-corrected chi connectivity index (χ2v) is 7.54. The molecule has 0 heterocycles. The van der Waals surface area contributed by atoms with Gasteiger partial charge in [0.25, 0.3) is 0 Å². The van der Waals surface area contributed by atoms with Crippen LogP contribution in [0.3, 0.4) is 0 Å². The highest BCUT2D eigenvalue weighted by atomic mass is 79.9. The molecule has 0 aliphatic heterocycles. The van der Waals surface area contributed by atoms with Gasteiger partial charge in [-0.2, -0.15) is 0 Å². The Labute approximate surface area is 197 Å². The largest absolute Gasteiger partial charge is 0.489 e. The van der Waals surface area contributed by atoms with Crippen LogP contribution in [0, 0.1) is 0 Å². The molecule has 2 rings (SSSR count). The average Bonchev–Trinajstić information content (AvgIpc) is 2.61. The third-order valence-electron chi connectivity index (χ3n) is 3.73. The molecule has 9 heteroatoms. The topological polar surface area (TPSA) is 53.5 Å². The number of aliphatic hydroxyl groups excluding tert-OH is 1. The van der Waals surface area contributed by atoms with Crippen molar-refractivity contribution in [1.82, 2.24) is 10.6 Å². The quantitative estimate of drug-likeness (QED) is 0.345. The molecule has 0 aliphatic carbocycles. The molecule has 2 aromatic carbocycles. The molecule has 2 aromatic rings. The van der Waals surface area contributed by atoms with Crippen molar-refractivity contribution in [2.45, 2.75) is 19.6 Å². The Bertz CT molecular complexity index is 708. The van der Waals surface area contributed by atoms with E-state index >= 15 is 0 Å². The Kier molecular flexibility index (Phi) is 15.4. The molecule has 0 bridgehead atoms. The van der Waals surface area contributed by atoms with Crippen LogP contribution >= 0.6 is 63.9 Å². The number of rotatable bonds is 11. The van der Waals surface area contributed by atoms with Crippen molar-refractivity contribution in [2.24, 2.45) is 0 Å². The van der Waals surface area contributed by atoms with E-state index in [-0.39, 0.29) is 31.4 Å². The van der Waals surface area contributed by atoms with Gasteiger partial charge in [-0.1, -0.05) is 45.2 Å². The van der Waals surface area contributed by atoms with Gasteiger partial charge in [0.05, 0.1) is 6.61 Å².